The van der Waals surface area contributed by atoms with Gasteiger partial charge in [0.25, 0.3) is 5.91 Å². The summed E-state index contributed by atoms with van der Waals surface area (Å²) in [6.45, 7) is 4.45. The van der Waals surface area contributed by atoms with Gasteiger partial charge in [0.15, 0.2) is 0 Å². The van der Waals surface area contributed by atoms with Gasteiger partial charge in [0.1, 0.15) is 6.04 Å². The summed E-state index contributed by atoms with van der Waals surface area (Å²) in [7, 11) is 0. The average molecular weight is 311 g/mol. The Morgan fingerprint density at radius 3 is 2.57 bits per heavy atom. The van der Waals surface area contributed by atoms with Crippen LogP contribution in [0.2, 0.25) is 5.02 Å². The molecule has 0 aliphatic rings. The van der Waals surface area contributed by atoms with Gasteiger partial charge in [0, 0.05) is 6.54 Å². The van der Waals surface area contributed by atoms with Crippen molar-refractivity contribution >= 4 is 23.4 Å². The molecule has 5 heteroatoms. The van der Waals surface area contributed by atoms with E-state index in [-0.39, 0.29) is 11.8 Å². The molecule has 0 heterocycles. The van der Waals surface area contributed by atoms with Crippen LogP contribution in [-0.2, 0) is 4.79 Å². The highest BCUT2D eigenvalue weighted by molar-refractivity contribution is 6.33. The van der Waals surface area contributed by atoms with Crippen molar-refractivity contribution in [1.82, 2.24) is 10.6 Å². The molecule has 0 aliphatic carbocycles. The van der Waals surface area contributed by atoms with Crippen LogP contribution in [0.5, 0.6) is 0 Å². The van der Waals surface area contributed by atoms with E-state index in [4.69, 9.17) is 11.6 Å². The lowest BCUT2D eigenvalue weighted by molar-refractivity contribution is -0.122. The number of amides is 2. The molecular formula is C16H23ClN2O2. The van der Waals surface area contributed by atoms with Gasteiger partial charge in [-0.2, -0.15) is 0 Å². The van der Waals surface area contributed by atoms with Gasteiger partial charge >= 0.3 is 0 Å². The van der Waals surface area contributed by atoms with E-state index in [0.29, 0.717) is 17.1 Å². The molecule has 0 saturated heterocycles. The molecule has 0 saturated carbocycles. The number of halogens is 1. The molecule has 2 N–H and O–H groups in total. The van der Waals surface area contributed by atoms with Crippen LogP contribution in [0, 0.1) is 0 Å². The largest absolute Gasteiger partial charge is 0.354 e. The van der Waals surface area contributed by atoms with Crippen molar-refractivity contribution < 1.29 is 9.59 Å². The molecule has 1 aromatic rings. The molecule has 0 bridgehead atoms. The Kier molecular flexibility index (Phi) is 7.83. The Labute approximate surface area is 131 Å². The number of carbonyl (C=O) groups is 2. The second-order valence-corrected chi connectivity index (χ2v) is 5.43. The first-order valence-electron chi connectivity index (χ1n) is 7.39. The summed E-state index contributed by atoms with van der Waals surface area (Å²) in [6, 6.07) is 6.19. The molecule has 1 rings (SSSR count). The minimum atomic E-state index is -0.583. The number of hydrogen-bond acceptors (Lipinski definition) is 2. The van der Waals surface area contributed by atoms with Crippen molar-refractivity contribution in [3.63, 3.8) is 0 Å². The Morgan fingerprint density at radius 1 is 1.19 bits per heavy atom. The third-order valence-electron chi connectivity index (χ3n) is 3.19. The van der Waals surface area contributed by atoms with E-state index in [1.54, 1.807) is 31.2 Å². The zero-order chi connectivity index (χ0) is 15.7. The molecule has 1 aromatic carbocycles. The van der Waals surface area contributed by atoms with Crippen molar-refractivity contribution in [2.45, 2.75) is 45.6 Å². The Hall–Kier alpha value is -1.55. The van der Waals surface area contributed by atoms with Crippen LogP contribution in [0.15, 0.2) is 24.3 Å². The van der Waals surface area contributed by atoms with E-state index in [1.807, 2.05) is 0 Å². The van der Waals surface area contributed by atoms with Crippen LogP contribution in [0.3, 0.4) is 0 Å². The van der Waals surface area contributed by atoms with Gasteiger partial charge in [-0.3, -0.25) is 9.59 Å². The highest BCUT2D eigenvalue weighted by Gasteiger charge is 2.17. The van der Waals surface area contributed by atoms with E-state index in [2.05, 4.69) is 17.6 Å². The molecule has 2 amide bonds. The Balaban J connectivity index is 2.38. The van der Waals surface area contributed by atoms with Crippen molar-refractivity contribution in [1.29, 1.82) is 0 Å². The van der Waals surface area contributed by atoms with Crippen molar-refractivity contribution in [3.05, 3.63) is 34.9 Å². The third-order valence-corrected chi connectivity index (χ3v) is 3.52. The molecule has 0 radical (unpaired) electrons. The molecule has 0 aromatic heterocycles. The second-order valence-electron chi connectivity index (χ2n) is 5.03. The maximum Gasteiger partial charge on any atom is 0.253 e. The van der Waals surface area contributed by atoms with Crippen LogP contribution >= 0.6 is 11.6 Å². The first kappa shape index (κ1) is 17.5. The van der Waals surface area contributed by atoms with Crippen molar-refractivity contribution in [2.24, 2.45) is 0 Å². The number of rotatable bonds is 8. The average Bonchev–Trinajstić information content (AvgIpc) is 2.47. The van der Waals surface area contributed by atoms with E-state index < -0.39 is 6.04 Å². The molecule has 0 spiro atoms. The van der Waals surface area contributed by atoms with Gasteiger partial charge in [-0.05, 0) is 25.5 Å². The van der Waals surface area contributed by atoms with E-state index in [9.17, 15) is 9.59 Å². The fraction of sp³-hybridized carbons (Fsp3) is 0.500. The predicted octanol–water partition coefficient (Wildman–Crippen LogP) is 3.15. The third kappa shape index (κ3) is 6.17. The predicted molar refractivity (Wildman–Crippen MR) is 85.5 cm³/mol. The molecule has 0 aliphatic heterocycles. The van der Waals surface area contributed by atoms with Crippen molar-refractivity contribution in [2.75, 3.05) is 6.54 Å². The normalized spacial score (nSPS) is 11.8. The van der Waals surface area contributed by atoms with Gasteiger partial charge in [-0.25, -0.2) is 0 Å². The van der Waals surface area contributed by atoms with Gasteiger partial charge in [-0.1, -0.05) is 49.9 Å². The molecule has 0 fully saturated rings. The monoisotopic (exact) mass is 310 g/mol. The fourth-order valence-corrected chi connectivity index (χ4v) is 2.12. The number of nitrogens with one attached hydrogen (secondary N) is 2. The quantitative estimate of drug-likeness (QED) is 0.725. The topological polar surface area (TPSA) is 58.2 Å². The van der Waals surface area contributed by atoms with Crippen molar-refractivity contribution in [3.8, 4) is 0 Å². The zero-order valence-corrected chi connectivity index (χ0v) is 13.4. The van der Waals surface area contributed by atoms with E-state index in [0.717, 1.165) is 19.3 Å². The Morgan fingerprint density at radius 2 is 1.90 bits per heavy atom. The molecule has 1 atom stereocenters. The molecule has 116 valence electrons. The summed E-state index contributed by atoms with van der Waals surface area (Å²) in [5.41, 5.74) is 0.377. The summed E-state index contributed by atoms with van der Waals surface area (Å²) < 4.78 is 0. The van der Waals surface area contributed by atoms with Gasteiger partial charge in [-0.15, -0.1) is 0 Å². The summed E-state index contributed by atoms with van der Waals surface area (Å²) in [5.74, 6) is -0.513. The smallest absolute Gasteiger partial charge is 0.253 e. The molecule has 1 unspecified atom stereocenters. The fourth-order valence-electron chi connectivity index (χ4n) is 1.90. The maximum atomic E-state index is 12.0. The summed E-state index contributed by atoms with van der Waals surface area (Å²) in [5, 5.41) is 5.86. The minimum Gasteiger partial charge on any atom is -0.354 e. The number of unbranched alkanes of at least 4 members (excludes halogenated alkanes) is 3. The number of carbonyl (C=O) groups excluding carboxylic acids is 2. The Bertz CT molecular complexity index is 477. The molecule has 4 nitrogen and oxygen atoms in total. The van der Waals surface area contributed by atoms with Crippen LogP contribution in [0.1, 0.15) is 49.9 Å². The van der Waals surface area contributed by atoms with E-state index in [1.165, 1.54) is 6.42 Å². The standard InChI is InChI=1S/C16H23ClN2O2/c1-3-4-5-8-11-18-15(20)12(2)19-16(21)13-9-6-7-10-14(13)17/h6-7,9-10,12H,3-5,8,11H2,1-2H3,(H,18,20)(H,19,21). The molecular weight excluding hydrogens is 288 g/mol. The summed E-state index contributed by atoms with van der Waals surface area (Å²) >= 11 is 5.95. The second kappa shape index (κ2) is 9.40. The SMILES string of the molecule is CCCCCCNC(=O)C(C)NC(=O)c1ccccc1Cl. The first-order chi connectivity index (χ1) is 10.1. The number of benzene rings is 1. The lowest BCUT2D eigenvalue weighted by atomic mass is 10.2. The van der Waals surface area contributed by atoms with Gasteiger partial charge < -0.3 is 10.6 Å². The summed E-state index contributed by atoms with van der Waals surface area (Å²) in [6.07, 6.45) is 4.41. The van der Waals surface area contributed by atoms with E-state index >= 15 is 0 Å². The lowest BCUT2D eigenvalue weighted by Gasteiger charge is -2.14. The molecule has 21 heavy (non-hydrogen) atoms. The lowest BCUT2D eigenvalue weighted by Crippen LogP contribution is -2.45. The van der Waals surface area contributed by atoms with Gasteiger partial charge in [0.05, 0.1) is 10.6 Å². The number of hydrogen-bond donors (Lipinski definition) is 2. The minimum absolute atomic E-state index is 0.174. The highest BCUT2D eigenvalue weighted by Crippen LogP contribution is 2.14. The first-order valence-corrected chi connectivity index (χ1v) is 7.77. The zero-order valence-electron chi connectivity index (χ0n) is 12.6. The van der Waals surface area contributed by atoms with Gasteiger partial charge in [0.2, 0.25) is 5.91 Å². The maximum absolute atomic E-state index is 12.0. The highest BCUT2D eigenvalue weighted by atomic mass is 35.5. The van der Waals surface area contributed by atoms with Crippen LogP contribution in [0.4, 0.5) is 0 Å². The van der Waals surface area contributed by atoms with Crippen LogP contribution in [-0.4, -0.2) is 24.4 Å². The summed E-state index contributed by atoms with van der Waals surface area (Å²) in [4.78, 5) is 23.9. The van der Waals surface area contributed by atoms with Crippen LogP contribution < -0.4 is 10.6 Å². The van der Waals surface area contributed by atoms with Crippen LogP contribution in [0.25, 0.3) is 0 Å².